The number of nitrogens with zero attached hydrogens (tertiary/aromatic N) is 6. The zero-order valence-electron chi connectivity index (χ0n) is 13.4. The van der Waals surface area contributed by atoms with Crippen molar-refractivity contribution in [3.05, 3.63) is 30.5 Å². The molecular weight excluding hydrogens is 351 g/mol. The van der Waals surface area contributed by atoms with E-state index >= 15 is 0 Å². The van der Waals surface area contributed by atoms with Crippen molar-refractivity contribution in [1.29, 1.82) is 0 Å². The molecule has 3 aromatic heterocycles. The van der Waals surface area contributed by atoms with Gasteiger partial charge in [0.2, 0.25) is 11.8 Å². The molecule has 0 unspecified atom stereocenters. The lowest BCUT2D eigenvalue weighted by atomic mass is 10.1. The molecule has 0 atom stereocenters. The van der Waals surface area contributed by atoms with Crippen LogP contribution in [0.25, 0.3) is 27.7 Å². The monoisotopic (exact) mass is 363 g/mol. The van der Waals surface area contributed by atoms with Crippen LogP contribution < -0.4 is 10.5 Å². The van der Waals surface area contributed by atoms with Gasteiger partial charge in [-0.05, 0) is 23.8 Å². The highest BCUT2D eigenvalue weighted by atomic mass is 19.4. The summed E-state index contributed by atoms with van der Waals surface area (Å²) in [6.45, 7) is -1.22. The molecule has 1 aromatic carbocycles. The van der Waals surface area contributed by atoms with Gasteiger partial charge in [0.25, 0.3) is 0 Å². The number of methoxy groups -OCH3 is 1. The Bertz CT molecular complexity index is 1120. The first-order valence-corrected chi connectivity index (χ1v) is 7.45. The largest absolute Gasteiger partial charge is 0.479 e. The van der Waals surface area contributed by atoms with Crippen LogP contribution in [0.2, 0.25) is 0 Å². The average Bonchev–Trinajstić information content (AvgIpc) is 3.16. The number of nitrogen functional groups attached to an aromatic ring is 1. The summed E-state index contributed by atoms with van der Waals surface area (Å²) in [5, 5.41) is 11.4. The van der Waals surface area contributed by atoms with E-state index in [2.05, 4.69) is 20.4 Å². The molecule has 0 aliphatic carbocycles. The predicted octanol–water partition coefficient (Wildman–Crippen LogP) is 2.29. The maximum Gasteiger partial charge on any atom is 0.408 e. The van der Waals surface area contributed by atoms with Crippen LogP contribution in [0.3, 0.4) is 0 Å². The van der Waals surface area contributed by atoms with Gasteiger partial charge in [0.1, 0.15) is 17.6 Å². The van der Waals surface area contributed by atoms with Crippen LogP contribution >= 0.6 is 0 Å². The molecule has 8 nitrogen and oxygen atoms in total. The molecule has 0 aliphatic rings. The van der Waals surface area contributed by atoms with Crippen LogP contribution in [0, 0.1) is 0 Å². The highest BCUT2D eigenvalue weighted by Crippen LogP contribution is 2.32. The highest BCUT2D eigenvalue weighted by molar-refractivity contribution is 5.89. The lowest BCUT2D eigenvalue weighted by molar-refractivity contribution is -0.142. The van der Waals surface area contributed by atoms with Gasteiger partial charge < -0.3 is 10.5 Å². The summed E-state index contributed by atoms with van der Waals surface area (Å²) < 4.78 is 45.8. The molecule has 4 rings (SSSR count). The average molecular weight is 363 g/mol. The van der Waals surface area contributed by atoms with E-state index in [-0.39, 0.29) is 17.3 Å². The number of ether oxygens (including phenoxy) is 1. The van der Waals surface area contributed by atoms with Gasteiger partial charge in [0.15, 0.2) is 0 Å². The number of benzene rings is 1. The zero-order valence-corrected chi connectivity index (χ0v) is 13.4. The van der Waals surface area contributed by atoms with E-state index in [4.69, 9.17) is 10.5 Å². The van der Waals surface area contributed by atoms with Gasteiger partial charge in [-0.15, -0.1) is 10.2 Å². The molecule has 0 spiro atoms. The molecule has 3 heterocycles. The fraction of sp³-hybridized carbons (Fsp3) is 0.200. The van der Waals surface area contributed by atoms with Crippen LogP contribution in [0.15, 0.2) is 30.5 Å². The molecule has 0 amide bonds. The van der Waals surface area contributed by atoms with Crippen molar-refractivity contribution in [3.63, 3.8) is 0 Å². The predicted molar refractivity (Wildman–Crippen MR) is 86.5 cm³/mol. The number of alkyl halides is 3. The fourth-order valence-electron chi connectivity index (χ4n) is 2.80. The summed E-state index contributed by atoms with van der Waals surface area (Å²) in [6, 6.07) is 6.69. The normalized spacial score (nSPS) is 12.2. The van der Waals surface area contributed by atoms with Crippen molar-refractivity contribution < 1.29 is 17.9 Å². The molecule has 0 saturated carbocycles. The van der Waals surface area contributed by atoms with Gasteiger partial charge in [-0.1, -0.05) is 11.3 Å². The van der Waals surface area contributed by atoms with Crippen molar-refractivity contribution in [1.82, 2.24) is 29.6 Å². The van der Waals surface area contributed by atoms with E-state index in [1.165, 1.54) is 11.6 Å². The fourth-order valence-corrected chi connectivity index (χ4v) is 2.80. The second-order valence-electron chi connectivity index (χ2n) is 5.57. The minimum atomic E-state index is -4.39. The standard InChI is InChI=1S/C15H12F3N7O/c1-26-13-12-9(4-5-24(12)22-14(19)20-13)8-2-3-10-11(6-8)25(23-21-10)7-15(16,17)18/h2-6H,7H2,1H3,(H2,19,22). The second kappa shape index (κ2) is 5.58. The number of hydrogen-bond donors (Lipinski definition) is 1. The number of halogens is 3. The quantitative estimate of drug-likeness (QED) is 0.600. The van der Waals surface area contributed by atoms with E-state index in [0.29, 0.717) is 22.2 Å². The van der Waals surface area contributed by atoms with Crippen LogP contribution in [-0.4, -0.2) is 42.9 Å². The number of fused-ring (bicyclic) bond motifs is 2. The Morgan fingerprint density at radius 2 is 2.04 bits per heavy atom. The van der Waals surface area contributed by atoms with Crippen molar-refractivity contribution in [2.24, 2.45) is 0 Å². The maximum absolute atomic E-state index is 12.7. The lowest BCUT2D eigenvalue weighted by Crippen LogP contribution is -2.18. The second-order valence-corrected chi connectivity index (χ2v) is 5.57. The van der Waals surface area contributed by atoms with Gasteiger partial charge in [-0.2, -0.15) is 18.2 Å². The smallest absolute Gasteiger partial charge is 0.408 e. The summed E-state index contributed by atoms with van der Waals surface area (Å²) in [5.41, 5.74) is 8.17. The number of anilines is 1. The Balaban J connectivity index is 1.90. The SMILES string of the molecule is COc1nc(N)nn2ccc(-c3ccc4nnn(CC(F)(F)F)c4c3)c12. The minimum absolute atomic E-state index is 0.0411. The molecule has 26 heavy (non-hydrogen) atoms. The number of rotatable bonds is 3. The lowest BCUT2D eigenvalue weighted by Gasteiger charge is -2.08. The molecule has 11 heteroatoms. The Morgan fingerprint density at radius 1 is 1.23 bits per heavy atom. The van der Waals surface area contributed by atoms with E-state index in [9.17, 15) is 13.2 Å². The van der Waals surface area contributed by atoms with Crippen LogP contribution in [0.5, 0.6) is 5.88 Å². The van der Waals surface area contributed by atoms with Gasteiger partial charge >= 0.3 is 6.18 Å². The van der Waals surface area contributed by atoms with Crippen LogP contribution in [0.1, 0.15) is 0 Å². The van der Waals surface area contributed by atoms with Crippen LogP contribution in [0.4, 0.5) is 19.1 Å². The Labute approximate surface area is 144 Å². The van der Waals surface area contributed by atoms with E-state index in [1.54, 1.807) is 30.5 Å². The molecule has 134 valence electrons. The third-order valence-corrected chi connectivity index (χ3v) is 3.84. The van der Waals surface area contributed by atoms with Crippen molar-refractivity contribution >= 4 is 22.5 Å². The summed E-state index contributed by atoms with van der Waals surface area (Å²) in [6.07, 6.45) is -2.73. The van der Waals surface area contributed by atoms with E-state index in [1.807, 2.05) is 0 Å². The summed E-state index contributed by atoms with van der Waals surface area (Å²) in [5.74, 6) is 0.305. The number of hydrogen-bond acceptors (Lipinski definition) is 6. The molecule has 2 N–H and O–H groups in total. The maximum atomic E-state index is 12.7. The molecule has 0 aliphatic heterocycles. The number of aromatic nitrogens is 6. The molecule has 0 fully saturated rings. The molecule has 4 aromatic rings. The van der Waals surface area contributed by atoms with Crippen LogP contribution in [-0.2, 0) is 6.54 Å². The van der Waals surface area contributed by atoms with Gasteiger partial charge in [0.05, 0.1) is 12.6 Å². The summed E-state index contributed by atoms with van der Waals surface area (Å²) in [7, 11) is 1.45. The first-order chi connectivity index (χ1) is 12.4. The number of nitrogens with two attached hydrogens (primary N) is 1. The molecular formula is C15H12F3N7O. The first-order valence-electron chi connectivity index (χ1n) is 7.45. The van der Waals surface area contributed by atoms with E-state index < -0.39 is 12.7 Å². The summed E-state index contributed by atoms with van der Waals surface area (Å²) >= 11 is 0. The Kier molecular flexibility index (Phi) is 3.46. The van der Waals surface area contributed by atoms with Gasteiger partial charge in [-0.25, -0.2) is 9.20 Å². The first kappa shape index (κ1) is 16.1. The third-order valence-electron chi connectivity index (χ3n) is 3.84. The third kappa shape index (κ3) is 2.66. The molecule has 0 saturated heterocycles. The topological polar surface area (TPSA) is 96.2 Å². The van der Waals surface area contributed by atoms with Gasteiger partial charge in [-0.3, -0.25) is 0 Å². The molecule has 0 bridgehead atoms. The zero-order chi connectivity index (χ0) is 18.5. The van der Waals surface area contributed by atoms with Crippen molar-refractivity contribution in [2.45, 2.75) is 12.7 Å². The van der Waals surface area contributed by atoms with Crippen molar-refractivity contribution in [2.75, 3.05) is 12.8 Å². The Hall–Kier alpha value is -3.37. The summed E-state index contributed by atoms with van der Waals surface area (Å²) in [4.78, 5) is 4.04. The Morgan fingerprint density at radius 3 is 2.77 bits per heavy atom. The van der Waals surface area contributed by atoms with E-state index in [0.717, 1.165) is 4.68 Å². The van der Waals surface area contributed by atoms with Gasteiger partial charge in [0, 0.05) is 11.8 Å². The minimum Gasteiger partial charge on any atom is -0.479 e. The highest BCUT2D eigenvalue weighted by Gasteiger charge is 2.29. The molecule has 0 radical (unpaired) electrons. The van der Waals surface area contributed by atoms with Crippen molar-refractivity contribution in [3.8, 4) is 17.0 Å².